The van der Waals surface area contributed by atoms with Crippen LogP contribution >= 0.6 is 0 Å². The molecule has 0 aromatic carbocycles. The Bertz CT molecular complexity index is 144. The summed E-state index contributed by atoms with van der Waals surface area (Å²) in [4.78, 5) is 2.53. The molecule has 0 rings (SSSR count). The van der Waals surface area contributed by atoms with E-state index in [2.05, 4.69) is 46.6 Å². The summed E-state index contributed by atoms with van der Waals surface area (Å²) in [5.41, 5.74) is 0. The molecule has 0 heterocycles. The van der Waals surface area contributed by atoms with E-state index in [0.717, 1.165) is 17.9 Å². The van der Waals surface area contributed by atoms with Crippen LogP contribution in [0.4, 0.5) is 0 Å². The number of hydrogen-bond acceptors (Lipinski definition) is 1. The molecule has 0 amide bonds. The normalized spacial score (nSPS) is 17.8. The molecule has 0 saturated carbocycles. The maximum atomic E-state index is 2.53. The van der Waals surface area contributed by atoms with Crippen molar-refractivity contribution in [2.24, 2.45) is 11.8 Å². The summed E-state index contributed by atoms with van der Waals surface area (Å²) in [7, 11) is 2.28. The lowest BCUT2D eigenvalue weighted by atomic mass is 9.87. The van der Waals surface area contributed by atoms with E-state index in [-0.39, 0.29) is 0 Å². The van der Waals surface area contributed by atoms with Crippen LogP contribution in [0.2, 0.25) is 0 Å². The second kappa shape index (κ2) is 8.15. The van der Waals surface area contributed by atoms with E-state index < -0.39 is 0 Å². The first-order valence-electron chi connectivity index (χ1n) is 6.74. The summed E-state index contributed by atoms with van der Waals surface area (Å²) in [5.74, 6) is 1.65. The maximum absolute atomic E-state index is 2.53. The van der Waals surface area contributed by atoms with Gasteiger partial charge in [0, 0.05) is 6.04 Å². The highest BCUT2D eigenvalue weighted by Gasteiger charge is 2.20. The fourth-order valence-electron chi connectivity index (χ4n) is 2.06. The van der Waals surface area contributed by atoms with Gasteiger partial charge in [-0.25, -0.2) is 0 Å². The van der Waals surface area contributed by atoms with Gasteiger partial charge in [-0.3, -0.25) is 0 Å². The highest BCUT2D eigenvalue weighted by molar-refractivity contribution is 4.73. The summed E-state index contributed by atoms with van der Waals surface area (Å²) < 4.78 is 0. The van der Waals surface area contributed by atoms with Crippen molar-refractivity contribution in [1.82, 2.24) is 4.90 Å². The molecule has 3 unspecified atom stereocenters. The van der Waals surface area contributed by atoms with Gasteiger partial charge in [0.1, 0.15) is 0 Å². The van der Waals surface area contributed by atoms with Crippen molar-refractivity contribution in [3.05, 3.63) is 0 Å². The Labute approximate surface area is 97.2 Å². The van der Waals surface area contributed by atoms with Crippen molar-refractivity contribution >= 4 is 0 Å². The molecule has 15 heavy (non-hydrogen) atoms. The van der Waals surface area contributed by atoms with Gasteiger partial charge in [0.05, 0.1) is 0 Å². The second-order valence-electron chi connectivity index (χ2n) is 5.17. The largest absolute Gasteiger partial charge is 0.303 e. The van der Waals surface area contributed by atoms with E-state index in [4.69, 9.17) is 0 Å². The lowest BCUT2D eigenvalue weighted by molar-refractivity contribution is 0.158. The monoisotopic (exact) mass is 213 g/mol. The first kappa shape index (κ1) is 15.0. The molecule has 0 bridgehead atoms. The molecule has 0 aliphatic rings. The van der Waals surface area contributed by atoms with Gasteiger partial charge < -0.3 is 4.90 Å². The minimum absolute atomic E-state index is 0.719. The first-order chi connectivity index (χ1) is 7.04. The van der Waals surface area contributed by atoms with Crippen LogP contribution < -0.4 is 0 Å². The molecule has 0 aromatic rings. The number of unbranched alkanes of at least 4 members (excludes halogenated alkanes) is 2. The molecule has 0 radical (unpaired) electrons. The Balaban J connectivity index is 3.90. The summed E-state index contributed by atoms with van der Waals surface area (Å²) in [5, 5.41) is 0. The molecule has 1 heteroatoms. The summed E-state index contributed by atoms with van der Waals surface area (Å²) in [6.07, 6.45) is 5.34. The van der Waals surface area contributed by atoms with Crippen LogP contribution in [-0.2, 0) is 0 Å². The standard InChI is InChI=1S/C14H31N/c1-7-9-10-11-15(6)14(5)13(4)12(3)8-2/h12-14H,7-11H2,1-6H3. The third-order valence-corrected chi connectivity index (χ3v) is 4.11. The molecular formula is C14H31N. The lowest BCUT2D eigenvalue weighted by Crippen LogP contribution is -2.37. The predicted molar refractivity (Wildman–Crippen MR) is 70.2 cm³/mol. The Morgan fingerprint density at radius 2 is 1.60 bits per heavy atom. The van der Waals surface area contributed by atoms with Gasteiger partial charge in [0.2, 0.25) is 0 Å². The van der Waals surface area contributed by atoms with Gasteiger partial charge in [0.15, 0.2) is 0 Å². The molecule has 1 nitrogen and oxygen atoms in total. The minimum atomic E-state index is 0.719. The van der Waals surface area contributed by atoms with Crippen LogP contribution in [0.25, 0.3) is 0 Å². The molecule has 0 aliphatic carbocycles. The maximum Gasteiger partial charge on any atom is 0.00920 e. The molecule has 0 spiro atoms. The Kier molecular flexibility index (Phi) is 8.13. The van der Waals surface area contributed by atoms with Crippen molar-refractivity contribution in [1.29, 1.82) is 0 Å². The van der Waals surface area contributed by atoms with Gasteiger partial charge in [0.25, 0.3) is 0 Å². The summed E-state index contributed by atoms with van der Waals surface area (Å²) in [6.45, 7) is 13.0. The quantitative estimate of drug-likeness (QED) is 0.547. The van der Waals surface area contributed by atoms with Crippen molar-refractivity contribution in [2.45, 2.75) is 66.3 Å². The number of rotatable bonds is 8. The SMILES string of the molecule is CCCCCN(C)C(C)C(C)C(C)CC. The Hall–Kier alpha value is -0.0400. The van der Waals surface area contributed by atoms with E-state index in [9.17, 15) is 0 Å². The van der Waals surface area contributed by atoms with Crippen molar-refractivity contribution < 1.29 is 0 Å². The second-order valence-corrected chi connectivity index (χ2v) is 5.17. The lowest BCUT2D eigenvalue weighted by Gasteiger charge is -2.33. The smallest absolute Gasteiger partial charge is 0.00920 e. The van der Waals surface area contributed by atoms with Gasteiger partial charge in [-0.15, -0.1) is 0 Å². The van der Waals surface area contributed by atoms with Crippen LogP contribution in [-0.4, -0.2) is 24.5 Å². The highest BCUT2D eigenvalue weighted by atomic mass is 15.1. The van der Waals surface area contributed by atoms with Gasteiger partial charge in [-0.1, -0.05) is 47.0 Å². The van der Waals surface area contributed by atoms with Gasteiger partial charge >= 0.3 is 0 Å². The number of hydrogen-bond donors (Lipinski definition) is 0. The summed E-state index contributed by atoms with van der Waals surface area (Å²) in [6, 6.07) is 0.719. The van der Waals surface area contributed by atoms with E-state index in [0.29, 0.717) is 0 Å². The van der Waals surface area contributed by atoms with E-state index >= 15 is 0 Å². The van der Waals surface area contributed by atoms with Crippen molar-refractivity contribution in [3.8, 4) is 0 Å². The third-order valence-electron chi connectivity index (χ3n) is 4.11. The van der Waals surface area contributed by atoms with Crippen molar-refractivity contribution in [3.63, 3.8) is 0 Å². The molecule has 0 N–H and O–H groups in total. The fourth-order valence-corrected chi connectivity index (χ4v) is 2.06. The summed E-state index contributed by atoms with van der Waals surface area (Å²) >= 11 is 0. The molecule has 92 valence electrons. The van der Waals surface area contributed by atoms with Crippen LogP contribution in [0.1, 0.15) is 60.3 Å². The van der Waals surface area contributed by atoms with Crippen LogP contribution in [0.5, 0.6) is 0 Å². The van der Waals surface area contributed by atoms with E-state index in [1.54, 1.807) is 0 Å². The van der Waals surface area contributed by atoms with Gasteiger partial charge in [-0.2, -0.15) is 0 Å². The van der Waals surface area contributed by atoms with Gasteiger partial charge in [-0.05, 0) is 38.8 Å². The molecular weight excluding hydrogens is 182 g/mol. The van der Waals surface area contributed by atoms with Crippen LogP contribution in [0.3, 0.4) is 0 Å². The van der Waals surface area contributed by atoms with Crippen molar-refractivity contribution in [2.75, 3.05) is 13.6 Å². The van der Waals surface area contributed by atoms with E-state index in [1.807, 2.05) is 0 Å². The van der Waals surface area contributed by atoms with E-state index in [1.165, 1.54) is 32.2 Å². The average Bonchev–Trinajstić information content (AvgIpc) is 2.26. The Morgan fingerprint density at radius 1 is 1.00 bits per heavy atom. The fraction of sp³-hybridized carbons (Fsp3) is 1.00. The molecule has 0 fully saturated rings. The predicted octanol–water partition coefficient (Wildman–Crippen LogP) is 4.18. The Morgan fingerprint density at radius 3 is 2.07 bits per heavy atom. The first-order valence-corrected chi connectivity index (χ1v) is 6.74. The van der Waals surface area contributed by atoms with Crippen LogP contribution in [0.15, 0.2) is 0 Å². The number of nitrogens with zero attached hydrogens (tertiary/aromatic N) is 1. The highest BCUT2D eigenvalue weighted by Crippen LogP contribution is 2.21. The molecule has 0 saturated heterocycles. The minimum Gasteiger partial charge on any atom is -0.303 e. The molecule has 0 aliphatic heterocycles. The zero-order valence-corrected chi connectivity index (χ0v) is 11.7. The third kappa shape index (κ3) is 5.55. The zero-order valence-electron chi connectivity index (χ0n) is 11.7. The topological polar surface area (TPSA) is 3.24 Å². The van der Waals surface area contributed by atoms with Crippen LogP contribution in [0, 0.1) is 11.8 Å². The molecule has 3 atom stereocenters. The zero-order chi connectivity index (χ0) is 11.8. The average molecular weight is 213 g/mol. The molecule has 0 aromatic heterocycles.